The molecule has 16 heavy (non-hydrogen) atoms. The summed E-state index contributed by atoms with van der Waals surface area (Å²) in [6.45, 7) is 5.97. The van der Waals surface area contributed by atoms with E-state index in [1.165, 1.54) is 0 Å². The predicted molar refractivity (Wildman–Crippen MR) is 65.5 cm³/mol. The van der Waals surface area contributed by atoms with Crippen LogP contribution in [0.1, 0.15) is 26.7 Å². The Bertz CT molecular complexity index is 423. The summed E-state index contributed by atoms with van der Waals surface area (Å²) in [6, 6.07) is 7.34. The summed E-state index contributed by atoms with van der Waals surface area (Å²) in [7, 11) is 0. The second-order valence-corrected chi connectivity index (χ2v) is 3.31. The summed E-state index contributed by atoms with van der Waals surface area (Å²) < 4.78 is 5.00. The Morgan fingerprint density at radius 2 is 1.81 bits per heavy atom. The first-order valence-electron chi connectivity index (χ1n) is 5.38. The molecule has 2 rings (SSSR count). The maximum absolute atomic E-state index is 5.77. The van der Waals surface area contributed by atoms with E-state index in [9.17, 15) is 0 Å². The normalized spacial score (nSPS) is 9.50. The molecule has 3 nitrogen and oxygen atoms in total. The number of halogens is 1. The molecule has 0 N–H and O–H groups in total. The summed E-state index contributed by atoms with van der Waals surface area (Å²) in [5.74, 6) is 1.26. The van der Waals surface area contributed by atoms with E-state index in [-0.39, 0.29) is 0 Å². The molecule has 2 aromatic rings. The van der Waals surface area contributed by atoms with Gasteiger partial charge >= 0.3 is 0 Å². The summed E-state index contributed by atoms with van der Waals surface area (Å²) in [4.78, 5) is 4.21. The number of hydrogen-bond donors (Lipinski definition) is 0. The molecule has 0 aliphatic rings. The number of aromatic nitrogens is 2. The zero-order chi connectivity index (χ0) is 12.0. The third kappa shape index (κ3) is 3.07. The molecule has 0 saturated carbocycles. The number of hydrogen-bond acceptors (Lipinski definition) is 3. The second-order valence-electron chi connectivity index (χ2n) is 2.87. The Kier molecular flexibility index (Phi) is 4.99. The monoisotopic (exact) mass is 238 g/mol. The minimum Gasteiger partial charge on any atom is -0.339 e. The molecule has 1 aromatic carbocycles. The highest BCUT2D eigenvalue weighted by molar-refractivity contribution is 6.30. The number of aryl methyl sites for hydroxylation is 1. The lowest BCUT2D eigenvalue weighted by Crippen LogP contribution is -1.81. The quantitative estimate of drug-likeness (QED) is 0.795. The van der Waals surface area contributed by atoms with Crippen molar-refractivity contribution >= 4 is 11.6 Å². The van der Waals surface area contributed by atoms with Crippen LogP contribution in [0.3, 0.4) is 0 Å². The molecule has 86 valence electrons. The molecular weight excluding hydrogens is 224 g/mol. The standard InChI is InChI=1S/C10H9ClN2O.C2H6/c1-2-9-12-10(13-14-9)7-3-5-8(11)6-4-7;1-2/h3-6H,2H2,1H3;1-2H3. The Balaban J connectivity index is 0.000000606. The second kappa shape index (κ2) is 6.28. The minimum atomic E-state index is 0.610. The smallest absolute Gasteiger partial charge is 0.226 e. The fraction of sp³-hybridized carbons (Fsp3) is 0.333. The van der Waals surface area contributed by atoms with E-state index in [0.29, 0.717) is 16.7 Å². The first-order chi connectivity index (χ1) is 7.79. The van der Waals surface area contributed by atoms with Gasteiger partial charge in [0.1, 0.15) is 0 Å². The van der Waals surface area contributed by atoms with Gasteiger partial charge in [0, 0.05) is 17.0 Å². The van der Waals surface area contributed by atoms with Crippen LogP contribution in [0.4, 0.5) is 0 Å². The maximum Gasteiger partial charge on any atom is 0.226 e. The lowest BCUT2D eigenvalue weighted by molar-refractivity contribution is 0.383. The lowest BCUT2D eigenvalue weighted by Gasteiger charge is -1.92. The summed E-state index contributed by atoms with van der Waals surface area (Å²) in [6.07, 6.45) is 0.751. The van der Waals surface area contributed by atoms with Gasteiger partial charge in [0.2, 0.25) is 11.7 Å². The van der Waals surface area contributed by atoms with Gasteiger partial charge in [0.15, 0.2) is 0 Å². The molecule has 0 saturated heterocycles. The largest absolute Gasteiger partial charge is 0.339 e. The van der Waals surface area contributed by atoms with Gasteiger partial charge in [-0.1, -0.05) is 37.5 Å². The fourth-order valence-corrected chi connectivity index (χ4v) is 1.24. The van der Waals surface area contributed by atoms with Gasteiger partial charge in [0.25, 0.3) is 0 Å². The van der Waals surface area contributed by atoms with Crippen LogP contribution in [0.25, 0.3) is 11.4 Å². The van der Waals surface area contributed by atoms with Crippen LogP contribution in [0.5, 0.6) is 0 Å². The zero-order valence-corrected chi connectivity index (χ0v) is 10.5. The van der Waals surface area contributed by atoms with Crippen LogP contribution in [0.15, 0.2) is 28.8 Å². The highest BCUT2D eigenvalue weighted by Crippen LogP contribution is 2.18. The van der Waals surface area contributed by atoms with Crippen LogP contribution < -0.4 is 0 Å². The molecule has 1 aromatic heterocycles. The van der Waals surface area contributed by atoms with Crippen molar-refractivity contribution in [2.75, 3.05) is 0 Å². The third-order valence-electron chi connectivity index (χ3n) is 1.87. The van der Waals surface area contributed by atoms with Crippen LogP contribution in [-0.2, 0) is 6.42 Å². The van der Waals surface area contributed by atoms with Crippen LogP contribution in [0, 0.1) is 0 Å². The highest BCUT2D eigenvalue weighted by atomic mass is 35.5. The van der Waals surface area contributed by atoms with E-state index in [1.54, 1.807) is 12.1 Å². The van der Waals surface area contributed by atoms with Gasteiger partial charge in [-0.3, -0.25) is 0 Å². The summed E-state index contributed by atoms with van der Waals surface area (Å²) >= 11 is 5.77. The lowest BCUT2D eigenvalue weighted by atomic mass is 10.2. The average molecular weight is 239 g/mol. The van der Waals surface area contributed by atoms with Gasteiger partial charge in [0.05, 0.1) is 0 Å². The Labute approximate surface area is 100 Å². The van der Waals surface area contributed by atoms with Crippen LogP contribution >= 0.6 is 11.6 Å². The number of rotatable bonds is 2. The van der Waals surface area contributed by atoms with Crippen molar-refractivity contribution in [3.63, 3.8) is 0 Å². The minimum absolute atomic E-state index is 0.610. The van der Waals surface area contributed by atoms with E-state index in [4.69, 9.17) is 16.1 Å². The summed E-state index contributed by atoms with van der Waals surface area (Å²) in [5, 5.41) is 4.56. The Morgan fingerprint density at radius 1 is 1.19 bits per heavy atom. The van der Waals surface area contributed by atoms with Crippen molar-refractivity contribution in [2.45, 2.75) is 27.2 Å². The van der Waals surface area contributed by atoms with Crippen molar-refractivity contribution < 1.29 is 4.52 Å². The van der Waals surface area contributed by atoms with Crippen molar-refractivity contribution in [3.05, 3.63) is 35.2 Å². The molecule has 0 aliphatic heterocycles. The van der Waals surface area contributed by atoms with Gasteiger partial charge in [-0.05, 0) is 24.3 Å². The molecule has 0 radical (unpaired) electrons. The number of nitrogens with zero attached hydrogens (tertiary/aromatic N) is 2. The first kappa shape index (κ1) is 12.7. The highest BCUT2D eigenvalue weighted by Gasteiger charge is 2.06. The Hall–Kier alpha value is -1.35. The van der Waals surface area contributed by atoms with Crippen LogP contribution in [0.2, 0.25) is 5.02 Å². The topological polar surface area (TPSA) is 38.9 Å². The van der Waals surface area contributed by atoms with Gasteiger partial charge < -0.3 is 4.52 Å². The molecule has 1 heterocycles. The molecule has 0 unspecified atom stereocenters. The summed E-state index contributed by atoms with van der Waals surface area (Å²) in [5.41, 5.74) is 0.915. The van der Waals surface area contributed by atoms with Crippen LogP contribution in [-0.4, -0.2) is 10.1 Å². The van der Waals surface area contributed by atoms with E-state index < -0.39 is 0 Å². The van der Waals surface area contributed by atoms with E-state index >= 15 is 0 Å². The third-order valence-corrected chi connectivity index (χ3v) is 2.12. The predicted octanol–water partition coefficient (Wildman–Crippen LogP) is 3.98. The molecule has 4 heteroatoms. The molecule has 0 amide bonds. The van der Waals surface area contributed by atoms with E-state index in [2.05, 4.69) is 10.1 Å². The fourth-order valence-electron chi connectivity index (χ4n) is 1.11. The average Bonchev–Trinajstić information content (AvgIpc) is 2.81. The van der Waals surface area contributed by atoms with Crippen molar-refractivity contribution in [3.8, 4) is 11.4 Å². The van der Waals surface area contributed by atoms with Crippen molar-refractivity contribution in [2.24, 2.45) is 0 Å². The molecule has 0 bridgehead atoms. The molecular formula is C12H15ClN2O. The zero-order valence-electron chi connectivity index (χ0n) is 9.70. The van der Waals surface area contributed by atoms with E-state index in [0.717, 1.165) is 12.0 Å². The van der Waals surface area contributed by atoms with Gasteiger partial charge in [-0.15, -0.1) is 0 Å². The molecule has 0 fully saturated rings. The number of benzene rings is 1. The SMILES string of the molecule is CC.CCc1nc(-c2ccc(Cl)cc2)no1. The Morgan fingerprint density at radius 3 is 2.31 bits per heavy atom. The molecule has 0 aliphatic carbocycles. The van der Waals surface area contributed by atoms with Crippen molar-refractivity contribution in [1.82, 2.24) is 10.1 Å². The first-order valence-corrected chi connectivity index (χ1v) is 5.76. The molecule has 0 spiro atoms. The van der Waals surface area contributed by atoms with Crippen molar-refractivity contribution in [1.29, 1.82) is 0 Å². The van der Waals surface area contributed by atoms with Gasteiger partial charge in [-0.25, -0.2) is 0 Å². The molecule has 0 atom stereocenters. The van der Waals surface area contributed by atoms with Gasteiger partial charge in [-0.2, -0.15) is 4.98 Å². The van der Waals surface area contributed by atoms with E-state index in [1.807, 2.05) is 32.9 Å². The maximum atomic E-state index is 5.77.